The van der Waals surface area contributed by atoms with Gasteiger partial charge in [0.1, 0.15) is 12.4 Å². The van der Waals surface area contributed by atoms with Crippen LogP contribution in [-0.2, 0) is 9.53 Å². The van der Waals surface area contributed by atoms with E-state index in [1.807, 2.05) is 0 Å². The monoisotopic (exact) mass is 293 g/mol. The van der Waals surface area contributed by atoms with Gasteiger partial charge in [0.2, 0.25) is 0 Å². The Hall–Kier alpha value is -2.08. The minimum Gasteiger partial charge on any atom is -0.491 e. The summed E-state index contributed by atoms with van der Waals surface area (Å²) in [4.78, 5) is 22.1. The van der Waals surface area contributed by atoms with E-state index in [4.69, 9.17) is 14.6 Å². The van der Waals surface area contributed by atoms with Crippen molar-refractivity contribution in [3.05, 3.63) is 29.8 Å². The van der Waals surface area contributed by atoms with Crippen LogP contribution in [0.5, 0.6) is 5.75 Å². The summed E-state index contributed by atoms with van der Waals surface area (Å²) in [5, 5.41) is 11.1. The van der Waals surface area contributed by atoms with Gasteiger partial charge in [0, 0.05) is 18.7 Å². The van der Waals surface area contributed by atoms with E-state index in [9.17, 15) is 9.59 Å². The van der Waals surface area contributed by atoms with Gasteiger partial charge >= 0.3 is 5.97 Å². The van der Waals surface area contributed by atoms with Gasteiger partial charge in [0.25, 0.3) is 5.91 Å². The van der Waals surface area contributed by atoms with Crippen LogP contribution < -0.4 is 10.1 Å². The molecule has 0 radical (unpaired) electrons. The van der Waals surface area contributed by atoms with Gasteiger partial charge in [-0.2, -0.15) is 0 Å². The Morgan fingerprint density at radius 1 is 1.33 bits per heavy atom. The number of benzene rings is 1. The molecule has 0 spiro atoms. The fourth-order valence-electron chi connectivity index (χ4n) is 2.05. The van der Waals surface area contributed by atoms with Crippen molar-refractivity contribution in [2.75, 3.05) is 19.8 Å². The first-order valence-electron chi connectivity index (χ1n) is 6.99. The molecule has 2 N–H and O–H groups in total. The maximum absolute atomic E-state index is 11.7. The zero-order valence-electron chi connectivity index (χ0n) is 11.7. The minimum atomic E-state index is -0.937. The Balaban J connectivity index is 1.77. The van der Waals surface area contributed by atoms with Gasteiger partial charge in [0.05, 0.1) is 12.5 Å². The topological polar surface area (TPSA) is 84.9 Å². The molecule has 6 nitrogen and oxygen atoms in total. The number of carbonyl (C=O) groups is 2. The highest BCUT2D eigenvalue weighted by Crippen LogP contribution is 2.16. The Bertz CT molecular complexity index is 479. The van der Waals surface area contributed by atoms with Crippen LogP contribution >= 0.6 is 0 Å². The molecule has 1 aromatic rings. The quantitative estimate of drug-likeness (QED) is 0.795. The molecular weight excluding hydrogens is 274 g/mol. The lowest BCUT2D eigenvalue weighted by atomic mass is 10.2. The highest BCUT2D eigenvalue weighted by Gasteiger charge is 2.16. The van der Waals surface area contributed by atoms with Gasteiger partial charge in [0.15, 0.2) is 0 Å². The molecule has 21 heavy (non-hydrogen) atoms. The number of nitrogens with one attached hydrogen (secondary N) is 1. The van der Waals surface area contributed by atoms with Crippen molar-refractivity contribution >= 4 is 11.9 Å². The molecule has 1 amide bonds. The fraction of sp³-hybridized carbons (Fsp3) is 0.467. The molecule has 1 fully saturated rings. The molecule has 1 aliphatic heterocycles. The second-order valence-corrected chi connectivity index (χ2v) is 4.87. The lowest BCUT2D eigenvalue weighted by Crippen LogP contribution is -2.25. The molecule has 0 bridgehead atoms. The molecule has 0 aliphatic carbocycles. The molecule has 1 heterocycles. The number of carboxylic acids is 1. The van der Waals surface area contributed by atoms with Gasteiger partial charge in [-0.1, -0.05) is 0 Å². The van der Waals surface area contributed by atoms with Crippen LogP contribution in [0.25, 0.3) is 0 Å². The van der Waals surface area contributed by atoms with E-state index in [0.717, 1.165) is 19.4 Å². The molecule has 6 heteroatoms. The van der Waals surface area contributed by atoms with Crippen molar-refractivity contribution in [1.29, 1.82) is 0 Å². The first-order chi connectivity index (χ1) is 10.1. The summed E-state index contributed by atoms with van der Waals surface area (Å²) in [6.45, 7) is 1.43. The number of hydrogen-bond donors (Lipinski definition) is 2. The lowest BCUT2D eigenvalue weighted by Gasteiger charge is -2.11. The largest absolute Gasteiger partial charge is 0.491 e. The molecule has 1 aliphatic rings. The number of carbonyl (C=O) groups excluding carboxylic acids is 1. The van der Waals surface area contributed by atoms with Crippen molar-refractivity contribution in [2.45, 2.75) is 25.4 Å². The van der Waals surface area contributed by atoms with E-state index < -0.39 is 5.97 Å². The maximum Gasteiger partial charge on any atom is 0.305 e. The molecule has 0 saturated carbocycles. The summed E-state index contributed by atoms with van der Waals surface area (Å²) in [6.07, 6.45) is 2.16. The lowest BCUT2D eigenvalue weighted by molar-refractivity contribution is -0.136. The standard InChI is InChI=1S/C15H19NO5/c17-14(18)7-8-16-15(19)11-3-5-12(6-4-11)21-10-13-2-1-9-20-13/h3-6,13H,1-2,7-10H2,(H,16,19)(H,17,18)/t13-/m0/s1. The van der Waals surface area contributed by atoms with Gasteiger partial charge in [-0.05, 0) is 37.1 Å². The number of aliphatic carboxylic acids is 1. The summed E-state index contributed by atoms with van der Waals surface area (Å²) >= 11 is 0. The first-order valence-corrected chi connectivity index (χ1v) is 6.99. The van der Waals surface area contributed by atoms with Crippen LogP contribution in [0.2, 0.25) is 0 Å². The Labute approximate surface area is 123 Å². The predicted octanol–water partition coefficient (Wildman–Crippen LogP) is 1.45. The van der Waals surface area contributed by atoms with Crippen molar-refractivity contribution in [2.24, 2.45) is 0 Å². The van der Waals surface area contributed by atoms with E-state index in [2.05, 4.69) is 5.32 Å². The third-order valence-electron chi connectivity index (χ3n) is 3.20. The number of carboxylic acid groups (broad SMARTS) is 1. The Kier molecular flexibility index (Phi) is 5.57. The molecule has 1 aromatic carbocycles. The molecule has 2 rings (SSSR count). The summed E-state index contributed by atoms with van der Waals surface area (Å²) in [6, 6.07) is 6.75. The Morgan fingerprint density at radius 3 is 2.71 bits per heavy atom. The average molecular weight is 293 g/mol. The fourth-order valence-corrected chi connectivity index (χ4v) is 2.05. The van der Waals surface area contributed by atoms with E-state index in [-0.39, 0.29) is 25.0 Å². The molecule has 0 aromatic heterocycles. The minimum absolute atomic E-state index is 0.0890. The SMILES string of the molecule is O=C(O)CCNC(=O)c1ccc(OC[C@@H]2CCCO2)cc1. The number of ether oxygens (including phenoxy) is 2. The predicted molar refractivity (Wildman–Crippen MR) is 75.5 cm³/mol. The van der Waals surface area contributed by atoms with Crippen molar-refractivity contribution in [1.82, 2.24) is 5.32 Å². The van der Waals surface area contributed by atoms with E-state index >= 15 is 0 Å². The van der Waals surface area contributed by atoms with E-state index in [1.165, 1.54) is 0 Å². The third-order valence-corrected chi connectivity index (χ3v) is 3.20. The highest BCUT2D eigenvalue weighted by molar-refractivity contribution is 5.94. The zero-order chi connectivity index (χ0) is 15.1. The second kappa shape index (κ2) is 7.64. The van der Waals surface area contributed by atoms with Gasteiger partial charge in [-0.15, -0.1) is 0 Å². The van der Waals surface area contributed by atoms with Crippen molar-refractivity contribution in [3.8, 4) is 5.75 Å². The Morgan fingerprint density at radius 2 is 2.10 bits per heavy atom. The van der Waals surface area contributed by atoms with Crippen molar-refractivity contribution in [3.63, 3.8) is 0 Å². The maximum atomic E-state index is 11.7. The molecule has 1 atom stereocenters. The van der Waals surface area contributed by atoms with Crippen LogP contribution in [0.15, 0.2) is 24.3 Å². The first kappa shape index (κ1) is 15.3. The molecule has 1 saturated heterocycles. The summed E-state index contributed by atoms with van der Waals surface area (Å²) in [5.74, 6) is -0.539. The molecular formula is C15H19NO5. The molecule has 114 valence electrons. The van der Waals surface area contributed by atoms with Gasteiger partial charge < -0.3 is 19.9 Å². The van der Waals surface area contributed by atoms with Crippen LogP contribution in [0, 0.1) is 0 Å². The molecule has 0 unspecified atom stereocenters. The highest BCUT2D eigenvalue weighted by atomic mass is 16.5. The number of amides is 1. The van der Waals surface area contributed by atoms with Crippen LogP contribution in [0.4, 0.5) is 0 Å². The van der Waals surface area contributed by atoms with Gasteiger partial charge in [-0.3, -0.25) is 9.59 Å². The van der Waals surface area contributed by atoms with E-state index in [1.54, 1.807) is 24.3 Å². The third kappa shape index (κ3) is 5.07. The second-order valence-electron chi connectivity index (χ2n) is 4.87. The number of hydrogen-bond acceptors (Lipinski definition) is 4. The van der Waals surface area contributed by atoms with Crippen LogP contribution in [0.3, 0.4) is 0 Å². The van der Waals surface area contributed by atoms with E-state index in [0.29, 0.717) is 17.9 Å². The normalized spacial score (nSPS) is 17.4. The van der Waals surface area contributed by atoms with Crippen LogP contribution in [-0.4, -0.2) is 42.8 Å². The summed E-state index contributed by atoms with van der Waals surface area (Å²) in [5.41, 5.74) is 0.477. The smallest absolute Gasteiger partial charge is 0.305 e. The average Bonchev–Trinajstić information content (AvgIpc) is 2.98. The summed E-state index contributed by atoms with van der Waals surface area (Å²) in [7, 11) is 0. The van der Waals surface area contributed by atoms with Crippen molar-refractivity contribution < 1.29 is 24.2 Å². The number of rotatable bonds is 7. The van der Waals surface area contributed by atoms with Crippen LogP contribution in [0.1, 0.15) is 29.6 Å². The van der Waals surface area contributed by atoms with Gasteiger partial charge in [-0.25, -0.2) is 0 Å². The zero-order valence-corrected chi connectivity index (χ0v) is 11.7. The summed E-state index contributed by atoms with van der Waals surface area (Å²) < 4.78 is 11.1.